The number of para-hydroxylation sites is 1. The lowest BCUT2D eigenvalue weighted by atomic mass is 9.93. The Morgan fingerprint density at radius 3 is 1.92 bits per heavy atom. The van der Waals surface area contributed by atoms with E-state index in [1.807, 2.05) is 6.07 Å². The Kier molecular flexibility index (Phi) is 9.55. The molecule has 204 valence electrons. The average molecular weight is 541 g/mol. The van der Waals surface area contributed by atoms with E-state index in [2.05, 4.69) is 59.0 Å². The maximum Gasteiger partial charge on any atom is 0.339 e. The summed E-state index contributed by atoms with van der Waals surface area (Å²) in [5.41, 5.74) is 3.88. The quantitative estimate of drug-likeness (QED) is 0.270. The molecule has 1 N–H and O–H groups in total. The number of anilines is 1. The predicted molar refractivity (Wildman–Crippen MR) is 150 cm³/mol. The van der Waals surface area contributed by atoms with Gasteiger partial charge in [-0.05, 0) is 70.8 Å². The lowest BCUT2D eigenvalue weighted by Crippen LogP contribution is -2.37. The van der Waals surface area contributed by atoms with Crippen molar-refractivity contribution in [3.8, 4) is 5.75 Å². The van der Waals surface area contributed by atoms with Gasteiger partial charge in [-0.1, -0.05) is 71.9 Å². The van der Waals surface area contributed by atoms with Gasteiger partial charge < -0.3 is 14.4 Å². The highest BCUT2D eigenvalue weighted by Gasteiger charge is 2.21. The fourth-order valence-electron chi connectivity index (χ4n) is 4.19. The largest absolute Gasteiger partial charge is 0.379 e. The van der Waals surface area contributed by atoms with Crippen molar-refractivity contribution in [3.05, 3.63) is 89.2 Å². The first kappa shape index (κ1) is 29.2. The summed E-state index contributed by atoms with van der Waals surface area (Å²) in [7, 11) is -4.09. The van der Waals surface area contributed by atoms with Gasteiger partial charge in [0.15, 0.2) is 0 Å². The van der Waals surface area contributed by atoms with Crippen LogP contribution in [0.15, 0.2) is 71.6 Å². The number of hydrogen-bond donors (Lipinski definition) is 1. The summed E-state index contributed by atoms with van der Waals surface area (Å²) in [4.78, 5) is 15.1. The second kappa shape index (κ2) is 12.4. The second-order valence-electron chi connectivity index (χ2n) is 10.5. The van der Waals surface area contributed by atoms with Gasteiger partial charge in [-0.15, -0.1) is 0 Å². The van der Waals surface area contributed by atoms with Gasteiger partial charge in [0.2, 0.25) is 0 Å². The molecule has 0 fully saturated rings. The van der Waals surface area contributed by atoms with E-state index >= 15 is 0 Å². The summed E-state index contributed by atoms with van der Waals surface area (Å²) in [6, 6.07) is 17.0. The van der Waals surface area contributed by atoms with Crippen LogP contribution >= 0.6 is 0 Å². The highest BCUT2D eigenvalue weighted by atomic mass is 32.2. The number of urea groups is 1. The van der Waals surface area contributed by atoms with Crippen LogP contribution in [-0.2, 0) is 16.7 Å². The Hall–Kier alpha value is -3.39. The van der Waals surface area contributed by atoms with E-state index in [1.54, 1.807) is 29.2 Å². The van der Waals surface area contributed by atoms with E-state index in [0.717, 1.165) is 46.6 Å². The number of carbonyl (C=O) groups excluding carboxylic acids is 1. The molecule has 0 unspecified atom stereocenters. The minimum Gasteiger partial charge on any atom is -0.379 e. The summed E-state index contributed by atoms with van der Waals surface area (Å²) in [6.45, 7) is 13.4. The third kappa shape index (κ3) is 7.57. The fourth-order valence-corrected chi connectivity index (χ4v) is 5.12. The molecule has 6 nitrogen and oxygen atoms in total. The van der Waals surface area contributed by atoms with E-state index in [0.29, 0.717) is 13.1 Å². The van der Waals surface area contributed by atoms with Crippen molar-refractivity contribution in [1.82, 2.24) is 4.90 Å². The van der Waals surface area contributed by atoms with Crippen molar-refractivity contribution in [2.45, 2.75) is 64.8 Å². The summed E-state index contributed by atoms with van der Waals surface area (Å²) in [5, 5.41) is 3.19. The van der Waals surface area contributed by atoms with Gasteiger partial charge in [-0.3, -0.25) is 0 Å². The second-order valence-corrected chi connectivity index (χ2v) is 12.0. The van der Waals surface area contributed by atoms with Crippen LogP contribution in [0, 0.1) is 11.7 Å². The highest BCUT2D eigenvalue weighted by Crippen LogP contribution is 2.33. The van der Waals surface area contributed by atoms with E-state index in [9.17, 15) is 17.6 Å². The lowest BCUT2D eigenvalue weighted by molar-refractivity contribution is 0.201. The molecule has 0 aliphatic rings. The summed E-state index contributed by atoms with van der Waals surface area (Å²) >= 11 is 0. The van der Waals surface area contributed by atoms with Crippen LogP contribution < -0.4 is 9.50 Å². The fraction of sp³-hybridized carbons (Fsp3) is 0.367. The number of benzene rings is 3. The van der Waals surface area contributed by atoms with Gasteiger partial charge >= 0.3 is 16.1 Å². The van der Waals surface area contributed by atoms with Crippen LogP contribution in [0.1, 0.15) is 70.1 Å². The first-order chi connectivity index (χ1) is 17.9. The molecule has 3 aromatic carbocycles. The number of hydrogen-bond acceptors (Lipinski definition) is 4. The Labute approximate surface area is 226 Å². The molecule has 2 amide bonds. The average Bonchev–Trinajstić information content (AvgIpc) is 2.84. The molecule has 0 saturated carbocycles. The van der Waals surface area contributed by atoms with Crippen molar-refractivity contribution in [3.63, 3.8) is 0 Å². The number of carbonyl (C=O) groups is 1. The Morgan fingerprint density at radius 1 is 0.868 bits per heavy atom. The molecule has 0 bridgehead atoms. The molecule has 38 heavy (non-hydrogen) atoms. The number of halogens is 1. The molecule has 3 aromatic rings. The molecule has 0 heterocycles. The molecular formula is C30H37FN2O4S. The third-order valence-electron chi connectivity index (χ3n) is 6.08. The van der Waals surface area contributed by atoms with Gasteiger partial charge in [0, 0.05) is 18.8 Å². The molecule has 0 atom stereocenters. The van der Waals surface area contributed by atoms with Gasteiger partial charge in [-0.2, -0.15) is 8.42 Å². The zero-order chi connectivity index (χ0) is 28.0. The van der Waals surface area contributed by atoms with Crippen LogP contribution in [0.25, 0.3) is 0 Å². The monoisotopic (exact) mass is 540 g/mol. The minimum absolute atomic E-state index is 0.130. The van der Waals surface area contributed by atoms with Gasteiger partial charge in [0.1, 0.15) is 16.5 Å². The van der Waals surface area contributed by atoms with Gasteiger partial charge in [-0.25, -0.2) is 9.18 Å². The topological polar surface area (TPSA) is 75.7 Å². The molecule has 0 aliphatic heterocycles. The maximum atomic E-state index is 13.5. The Balaban J connectivity index is 1.79. The highest BCUT2D eigenvalue weighted by molar-refractivity contribution is 7.87. The number of rotatable bonds is 10. The smallest absolute Gasteiger partial charge is 0.339 e. The molecule has 0 aliphatic carbocycles. The zero-order valence-corrected chi connectivity index (χ0v) is 23.7. The summed E-state index contributed by atoms with van der Waals surface area (Å²) < 4.78 is 43.4. The summed E-state index contributed by atoms with van der Waals surface area (Å²) in [5.74, 6) is 0.346. The molecule has 3 rings (SSSR count). The van der Waals surface area contributed by atoms with Crippen molar-refractivity contribution in [2.75, 3.05) is 11.9 Å². The van der Waals surface area contributed by atoms with Gasteiger partial charge in [0.05, 0.1) is 0 Å². The molecule has 0 aromatic heterocycles. The first-order valence-electron chi connectivity index (χ1n) is 12.8. The lowest BCUT2D eigenvalue weighted by Gasteiger charge is -2.27. The van der Waals surface area contributed by atoms with Crippen LogP contribution in [-0.4, -0.2) is 25.9 Å². The molecule has 0 saturated heterocycles. The molecular weight excluding hydrogens is 503 g/mol. The van der Waals surface area contributed by atoms with Gasteiger partial charge in [0.25, 0.3) is 0 Å². The van der Waals surface area contributed by atoms with Crippen LogP contribution in [0.4, 0.5) is 14.9 Å². The van der Waals surface area contributed by atoms with Crippen molar-refractivity contribution < 1.29 is 21.8 Å². The normalized spacial score (nSPS) is 11.7. The molecule has 0 radical (unpaired) electrons. The van der Waals surface area contributed by atoms with E-state index in [1.165, 1.54) is 0 Å². The maximum absolute atomic E-state index is 13.5. The van der Waals surface area contributed by atoms with E-state index in [-0.39, 0.29) is 34.4 Å². The van der Waals surface area contributed by atoms with Crippen molar-refractivity contribution in [2.24, 2.45) is 5.92 Å². The zero-order valence-electron chi connectivity index (χ0n) is 22.9. The number of amides is 2. The standard InChI is InChI=1S/C30H37FN2O4S/c1-20(2)18-33(30(34)32-29-27(21(3)4)8-7-9-28(29)22(5)6)19-23-10-14-25(15-11-23)37-38(35,36)26-16-12-24(31)13-17-26/h7-17,20-22H,18-19H2,1-6H3,(H,32,34). The first-order valence-corrected chi connectivity index (χ1v) is 14.3. The molecule has 8 heteroatoms. The third-order valence-corrected chi connectivity index (χ3v) is 7.34. The number of nitrogens with zero attached hydrogens (tertiary/aromatic N) is 1. The van der Waals surface area contributed by atoms with Crippen LogP contribution in [0.5, 0.6) is 5.75 Å². The Morgan fingerprint density at radius 2 is 1.42 bits per heavy atom. The van der Waals surface area contributed by atoms with Crippen LogP contribution in [0.2, 0.25) is 0 Å². The van der Waals surface area contributed by atoms with E-state index in [4.69, 9.17) is 4.18 Å². The van der Waals surface area contributed by atoms with Crippen LogP contribution in [0.3, 0.4) is 0 Å². The Bertz CT molecular complexity index is 1310. The summed E-state index contributed by atoms with van der Waals surface area (Å²) in [6.07, 6.45) is 0. The van der Waals surface area contributed by atoms with E-state index < -0.39 is 15.9 Å². The minimum atomic E-state index is -4.09. The predicted octanol–water partition coefficient (Wildman–Crippen LogP) is 7.53. The SMILES string of the molecule is CC(C)CN(Cc1ccc(OS(=O)(=O)c2ccc(F)cc2)cc1)C(=O)Nc1c(C(C)C)cccc1C(C)C. The number of nitrogens with one attached hydrogen (secondary N) is 1. The van der Waals surface area contributed by atoms with Crippen molar-refractivity contribution in [1.29, 1.82) is 0 Å². The van der Waals surface area contributed by atoms with Crippen molar-refractivity contribution >= 4 is 21.8 Å². The molecule has 0 spiro atoms.